The van der Waals surface area contributed by atoms with Crippen LogP contribution in [0.5, 0.6) is 0 Å². The van der Waals surface area contributed by atoms with Crippen molar-refractivity contribution in [3.05, 3.63) is 24.4 Å². The van der Waals surface area contributed by atoms with Gasteiger partial charge in [0.15, 0.2) is 12.0 Å². The number of hydrogen-bond donors (Lipinski definition) is 1. The molecule has 0 atom stereocenters. The average Bonchev–Trinajstić information content (AvgIpc) is 2.49. The molecule has 0 aliphatic heterocycles. The zero-order valence-corrected chi connectivity index (χ0v) is 6.02. The first-order valence-electron chi connectivity index (χ1n) is 3.26. The van der Waals surface area contributed by atoms with Crippen molar-refractivity contribution in [2.24, 2.45) is 5.73 Å². The van der Waals surface area contributed by atoms with Crippen LogP contribution in [0.1, 0.15) is 10.5 Å². The molecule has 0 unspecified atom stereocenters. The van der Waals surface area contributed by atoms with Crippen molar-refractivity contribution >= 4 is 17.0 Å². The molecule has 0 saturated carbocycles. The highest BCUT2D eigenvalue weighted by Gasteiger charge is 2.04. The van der Waals surface area contributed by atoms with E-state index in [2.05, 4.69) is 9.97 Å². The van der Waals surface area contributed by atoms with Crippen LogP contribution in [0.4, 0.5) is 0 Å². The smallest absolute Gasteiger partial charge is 0.267 e. The first-order chi connectivity index (χ1) is 5.77. The standard InChI is InChI=1S/C7H5N3O2/c8-7(11)5-1-4-6(2-9-5)12-3-10-4/h1-3H,(H2,8,11). The summed E-state index contributed by atoms with van der Waals surface area (Å²) in [5.41, 5.74) is 6.33. The molecule has 2 aromatic rings. The van der Waals surface area contributed by atoms with Crippen LogP contribution < -0.4 is 5.73 Å². The SMILES string of the molecule is NC(=O)c1cc2ncoc2cn1. The maximum Gasteiger partial charge on any atom is 0.267 e. The molecule has 2 heterocycles. The van der Waals surface area contributed by atoms with Crippen molar-refractivity contribution < 1.29 is 9.21 Å². The molecule has 12 heavy (non-hydrogen) atoms. The van der Waals surface area contributed by atoms with Crippen LogP contribution in [-0.2, 0) is 0 Å². The number of carbonyl (C=O) groups excluding carboxylic acids is 1. The van der Waals surface area contributed by atoms with Crippen molar-refractivity contribution in [3.63, 3.8) is 0 Å². The summed E-state index contributed by atoms with van der Waals surface area (Å²) in [6, 6.07) is 1.49. The highest BCUT2D eigenvalue weighted by atomic mass is 16.3. The second-order valence-electron chi connectivity index (χ2n) is 2.25. The number of primary amides is 1. The Morgan fingerprint density at radius 2 is 2.33 bits per heavy atom. The van der Waals surface area contributed by atoms with Gasteiger partial charge in [-0.05, 0) is 6.07 Å². The van der Waals surface area contributed by atoms with Crippen LogP contribution >= 0.6 is 0 Å². The van der Waals surface area contributed by atoms with Crippen LogP contribution in [0.15, 0.2) is 23.1 Å². The van der Waals surface area contributed by atoms with Gasteiger partial charge in [-0.25, -0.2) is 9.97 Å². The quantitative estimate of drug-likeness (QED) is 0.656. The number of pyridine rings is 1. The van der Waals surface area contributed by atoms with Gasteiger partial charge in [-0.1, -0.05) is 0 Å². The van der Waals surface area contributed by atoms with Crippen LogP contribution in [0.25, 0.3) is 11.1 Å². The topological polar surface area (TPSA) is 82.0 Å². The Balaban J connectivity index is 2.68. The summed E-state index contributed by atoms with van der Waals surface area (Å²) in [5, 5.41) is 0. The minimum Gasteiger partial charge on any atom is -0.442 e. The number of fused-ring (bicyclic) bond motifs is 1. The molecular weight excluding hydrogens is 158 g/mol. The maximum absolute atomic E-state index is 10.7. The first kappa shape index (κ1) is 6.78. The van der Waals surface area contributed by atoms with Crippen LogP contribution in [0.3, 0.4) is 0 Å². The van der Waals surface area contributed by atoms with E-state index in [-0.39, 0.29) is 5.69 Å². The van der Waals surface area contributed by atoms with Gasteiger partial charge in [-0.15, -0.1) is 0 Å². The lowest BCUT2D eigenvalue weighted by atomic mass is 10.3. The van der Waals surface area contributed by atoms with E-state index >= 15 is 0 Å². The zero-order valence-electron chi connectivity index (χ0n) is 6.02. The first-order valence-corrected chi connectivity index (χ1v) is 3.26. The molecule has 2 N–H and O–H groups in total. The fraction of sp³-hybridized carbons (Fsp3) is 0. The van der Waals surface area contributed by atoms with Crippen LogP contribution in [-0.4, -0.2) is 15.9 Å². The van der Waals surface area contributed by atoms with Gasteiger partial charge in [0.05, 0.1) is 6.20 Å². The number of nitrogens with zero attached hydrogens (tertiary/aromatic N) is 2. The molecule has 2 rings (SSSR count). The number of carbonyl (C=O) groups is 1. The largest absolute Gasteiger partial charge is 0.442 e. The van der Waals surface area contributed by atoms with Crippen LogP contribution in [0.2, 0.25) is 0 Å². The van der Waals surface area contributed by atoms with Gasteiger partial charge in [0.25, 0.3) is 5.91 Å². The van der Waals surface area contributed by atoms with E-state index in [0.717, 1.165) is 0 Å². The molecule has 0 radical (unpaired) electrons. The van der Waals surface area contributed by atoms with Gasteiger partial charge in [0, 0.05) is 0 Å². The minimum absolute atomic E-state index is 0.191. The summed E-state index contributed by atoms with van der Waals surface area (Å²) < 4.78 is 4.93. The van der Waals surface area contributed by atoms with E-state index in [1.807, 2.05) is 0 Å². The number of nitrogens with two attached hydrogens (primary N) is 1. The van der Waals surface area contributed by atoms with E-state index in [1.54, 1.807) is 0 Å². The van der Waals surface area contributed by atoms with Crippen molar-refractivity contribution in [2.45, 2.75) is 0 Å². The Labute approximate surface area is 67.2 Å². The van der Waals surface area contributed by atoms with Crippen molar-refractivity contribution in [1.82, 2.24) is 9.97 Å². The third-order valence-electron chi connectivity index (χ3n) is 1.47. The van der Waals surface area contributed by atoms with Gasteiger partial charge in [0.2, 0.25) is 0 Å². The van der Waals surface area contributed by atoms with Gasteiger partial charge < -0.3 is 10.2 Å². The Bertz CT molecular complexity index is 435. The summed E-state index contributed by atoms with van der Waals surface area (Å²) >= 11 is 0. The highest BCUT2D eigenvalue weighted by Crippen LogP contribution is 2.10. The third-order valence-corrected chi connectivity index (χ3v) is 1.47. The molecule has 0 aliphatic carbocycles. The number of amides is 1. The zero-order chi connectivity index (χ0) is 8.55. The molecule has 0 aliphatic rings. The number of oxazole rings is 1. The Kier molecular flexibility index (Phi) is 1.30. The van der Waals surface area contributed by atoms with Gasteiger partial charge in [0.1, 0.15) is 11.2 Å². The summed E-state index contributed by atoms with van der Waals surface area (Å²) in [4.78, 5) is 18.3. The Morgan fingerprint density at radius 1 is 1.50 bits per heavy atom. The summed E-state index contributed by atoms with van der Waals surface area (Å²) in [6.45, 7) is 0. The fourth-order valence-electron chi connectivity index (χ4n) is 0.899. The van der Waals surface area contributed by atoms with Gasteiger partial charge in [-0.3, -0.25) is 4.79 Å². The third kappa shape index (κ3) is 0.914. The lowest BCUT2D eigenvalue weighted by Gasteiger charge is -1.91. The molecule has 5 heteroatoms. The number of rotatable bonds is 1. The minimum atomic E-state index is -0.570. The normalized spacial score (nSPS) is 10.3. The maximum atomic E-state index is 10.7. The monoisotopic (exact) mass is 163 g/mol. The van der Waals surface area contributed by atoms with E-state index in [4.69, 9.17) is 10.2 Å². The van der Waals surface area contributed by atoms with E-state index in [0.29, 0.717) is 11.1 Å². The molecule has 0 spiro atoms. The molecule has 5 nitrogen and oxygen atoms in total. The number of hydrogen-bond acceptors (Lipinski definition) is 4. The lowest BCUT2D eigenvalue weighted by molar-refractivity contribution is 0.0996. The van der Waals surface area contributed by atoms with E-state index in [9.17, 15) is 4.79 Å². The predicted molar refractivity (Wildman–Crippen MR) is 40.3 cm³/mol. The summed E-state index contributed by atoms with van der Waals surface area (Å²) in [6.07, 6.45) is 2.71. The number of aromatic nitrogens is 2. The van der Waals surface area contributed by atoms with Gasteiger partial charge in [-0.2, -0.15) is 0 Å². The molecular formula is C7H5N3O2. The molecule has 0 fully saturated rings. The lowest BCUT2D eigenvalue weighted by Crippen LogP contribution is -2.12. The average molecular weight is 163 g/mol. The predicted octanol–water partition coefficient (Wildman–Crippen LogP) is 0.322. The second kappa shape index (κ2) is 2.30. The Hall–Kier alpha value is -1.91. The Morgan fingerprint density at radius 3 is 3.08 bits per heavy atom. The van der Waals surface area contributed by atoms with Crippen molar-refractivity contribution in [2.75, 3.05) is 0 Å². The molecule has 0 saturated heterocycles. The van der Waals surface area contributed by atoms with Crippen molar-refractivity contribution in [3.8, 4) is 0 Å². The molecule has 2 aromatic heterocycles. The van der Waals surface area contributed by atoms with Gasteiger partial charge >= 0.3 is 0 Å². The second-order valence-corrected chi connectivity index (χ2v) is 2.25. The van der Waals surface area contributed by atoms with Crippen molar-refractivity contribution in [1.29, 1.82) is 0 Å². The highest BCUT2D eigenvalue weighted by molar-refractivity contribution is 5.93. The molecule has 60 valence electrons. The molecule has 0 bridgehead atoms. The van der Waals surface area contributed by atoms with Crippen LogP contribution in [0, 0.1) is 0 Å². The van der Waals surface area contributed by atoms with E-state index < -0.39 is 5.91 Å². The molecule has 0 aromatic carbocycles. The fourth-order valence-corrected chi connectivity index (χ4v) is 0.899. The summed E-state index contributed by atoms with van der Waals surface area (Å²) in [7, 11) is 0. The van der Waals surface area contributed by atoms with E-state index in [1.165, 1.54) is 18.7 Å². The molecule has 1 amide bonds. The summed E-state index contributed by atoms with van der Waals surface area (Å²) in [5.74, 6) is -0.570.